The number of nitrogen functional groups attached to an aromatic ring is 1. The molecule has 0 fully saturated rings. The summed E-state index contributed by atoms with van der Waals surface area (Å²) in [6.45, 7) is 6.61. The fourth-order valence-corrected chi connectivity index (χ4v) is 2.40. The van der Waals surface area contributed by atoms with E-state index in [2.05, 4.69) is 36.4 Å². The number of hydrogen-bond acceptors (Lipinski definition) is 2. The Morgan fingerprint density at radius 3 is 2.69 bits per heavy atom. The lowest BCUT2D eigenvalue weighted by Gasteiger charge is -2.28. The van der Waals surface area contributed by atoms with Crippen LogP contribution < -0.4 is 5.73 Å². The molecule has 1 aromatic carbocycles. The summed E-state index contributed by atoms with van der Waals surface area (Å²) in [5.41, 5.74) is 8.14. The standard InChI is InChI=1S/C13H19N3/c1-4-9-13(2,3)16-11-8-6-5-7-10(11)15-12(16)14/h5-8H,4,9H2,1-3H3,(H2,14,15). The van der Waals surface area contributed by atoms with Crippen LogP contribution in [0.4, 0.5) is 5.95 Å². The lowest BCUT2D eigenvalue weighted by atomic mass is 9.98. The number of nitrogens with zero attached hydrogens (tertiary/aromatic N) is 2. The molecule has 0 saturated carbocycles. The topological polar surface area (TPSA) is 43.8 Å². The molecule has 0 bridgehead atoms. The number of fused-ring (bicyclic) bond motifs is 1. The number of imidazole rings is 1. The van der Waals surface area contributed by atoms with Crippen molar-refractivity contribution in [1.82, 2.24) is 9.55 Å². The van der Waals surface area contributed by atoms with E-state index >= 15 is 0 Å². The molecule has 0 radical (unpaired) electrons. The molecule has 2 N–H and O–H groups in total. The zero-order chi connectivity index (χ0) is 11.8. The van der Waals surface area contributed by atoms with Crippen molar-refractivity contribution in [2.75, 3.05) is 5.73 Å². The van der Waals surface area contributed by atoms with E-state index in [9.17, 15) is 0 Å². The number of benzene rings is 1. The van der Waals surface area contributed by atoms with Gasteiger partial charge in [0.2, 0.25) is 5.95 Å². The monoisotopic (exact) mass is 217 g/mol. The maximum absolute atomic E-state index is 6.02. The van der Waals surface area contributed by atoms with Gasteiger partial charge in [0, 0.05) is 5.54 Å². The molecule has 0 unspecified atom stereocenters. The van der Waals surface area contributed by atoms with Crippen molar-refractivity contribution in [1.29, 1.82) is 0 Å². The molecule has 2 rings (SSSR count). The van der Waals surface area contributed by atoms with E-state index in [1.807, 2.05) is 18.2 Å². The number of para-hydroxylation sites is 2. The van der Waals surface area contributed by atoms with Gasteiger partial charge in [0.15, 0.2) is 0 Å². The van der Waals surface area contributed by atoms with E-state index in [4.69, 9.17) is 5.73 Å². The zero-order valence-corrected chi connectivity index (χ0v) is 10.2. The summed E-state index contributed by atoms with van der Waals surface area (Å²) in [7, 11) is 0. The predicted octanol–water partition coefficient (Wildman–Crippen LogP) is 3.15. The van der Waals surface area contributed by atoms with Crippen molar-refractivity contribution in [3.63, 3.8) is 0 Å². The van der Waals surface area contributed by atoms with Crippen LogP contribution in [0.15, 0.2) is 24.3 Å². The Morgan fingerprint density at radius 2 is 2.00 bits per heavy atom. The Bertz CT molecular complexity index is 497. The minimum Gasteiger partial charge on any atom is -0.369 e. The van der Waals surface area contributed by atoms with Crippen LogP contribution in [0.2, 0.25) is 0 Å². The number of anilines is 1. The molecule has 0 amide bonds. The highest BCUT2D eigenvalue weighted by Crippen LogP contribution is 2.29. The lowest BCUT2D eigenvalue weighted by Crippen LogP contribution is -2.27. The molecule has 0 aliphatic heterocycles. The van der Waals surface area contributed by atoms with E-state index in [1.54, 1.807) is 0 Å². The molecule has 2 aromatic rings. The second kappa shape index (κ2) is 3.81. The van der Waals surface area contributed by atoms with Crippen LogP contribution in [-0.4, -0.2) is 9.55 Å². The van der Waals surface area contributed by atoms with Crippen LogP contribution in [0.3, 0.4) is 0 Å². The van der Waals surface area contributed by atoms with Crippen LogP contribution in [0, 0.1) is 0 Å². The van der Waals surface area contributed by atoms with Crippen molar-refractivity contribution in [3.05, 3.63) is 24.3 Å². The van der Waals surface area contributed by atoms with Crippen molar-refractivity contribution < 1.29 is 0 Å². The minimum atomic E-state index is 0.0228. The molecule has 0 aliphatic rings. The van der Waals surface area contributed by atoms with Crippen molar-refractivity contribution in [2.24, 2.45) is 0 Å². The highest BCUT2D eigenvalue weighted by atomic mass is 15.2. The Morgan fingerprint density at radius 1 is 1.31 bits per heavy atom. The molecule has 0 spiro atoms. The van der Waals surface area contributed by atoms with Crippen molar-refractivity contribution in [2.45, 2.75) is 39.2 Å². The molecule has 3 nitrogen and oxygen atoms in total. The van der Waals surface area contributed by atoms with Gasteiger partial charge in [-0.25, -0.2) is 4.98 Å². The van der Waals surface area contributed by atoms with Crippen LogP contribution in [0.25, 0.3) is 11.0 Å². The molecular formula is C13H19N3. The first-order valence-corrected chi connectivity index (χ1v) is 5.79. The highest BCUT2D eigenvalue weighted by Gasteiger charge is 2.23. The number of hydrogen-bond donors (Lipinski definition) is 1. The largest absolute Gasteiger partial charge is 0.369 e. The zero-order valence-electron chi connectivity index (χ0n) is 10.2. The SMILES string of the molecule is CCCC(C)(C)n1c(N)nc2ccccc21. The van der Waals surface area contributed by atoms with Crippen molar-refractivity contribution in [3.8, 4) is 0 Å². The average molecular weight is 217 g/mol. The summed E-state index contributed by atoms with van der Waals surface area (Å²) in [5, 5.41) is 0. The summed E-state index contributed by atoms with van der Waals surface area (Å²) < 4.78 is 2.14. The lowest BCUT2D eigenvalue weighted by molar-refractivity contribution is 0.338. The number of rotatable bonds is 3. The fraction of sp³-hybridized carbons (Fsp3) is 0.462. The summed E-state index contributed by atoms with van der Waals surface area (Å²) in [6, 6.07) is 8.11. The third-order valence-corrected chi connectivity index (χ3v) is 3.05. The van der Waals surface area contributed by atoms with Gasteiger partial charge in [0.25, 0.3) is 0 Å². The summed E-state index contributed by atoms with van der Waals surface area (Å²) in [6.07, 6.45) is 2.23. The first-order chi connectivity index (χ1) is 7.56. The van der Waals surface area contributed by atoms with Crippen LogP contribution in [0.1, 0.15) is 33.6 Å². The van der Waals surface area contributed by atoms with E-state index in [-0.39, 0.29) is 5.54 Å². The second-order valence-corrected chi connectivity index (χ2v) is 4.86. The summed E-state index contributed by atoms with van der Waals surface area (Å²) in [5.74, 6) is 0.611. The van der Waals surface area contributed by atoms with Gasteiger partial charge in [-0.05, 0) is 32.4 Å². The molecule has 1 aromatic heterocycles. The Kier molecular flexibility index (Phi) is 2.62. The molecule has 16 heavy (non-hydrogen) atoms. The van der Waals surface area contributed by atoms with Gasteiger partial charge >= 0.3 is 0 Å². The van der Waals surface area contributed by atoms with Gasteiger partial charge in [0.05, 0.1) is 11.0 Å². The van der Waals surface area contributed by atoms with Crippen molar-refractivity contribution >= 4 is 17.0 Å². The first-order valence-electron chi connectivity index (χ1n) is 5.79. The fourth-order valence-electron chi connectivity index (χ4n) is 2.40. The Labute approximate surface area is 96.3 Å². The quantitative estimate of drug-likeness (QED) is 0.858. The van der Waals surface area contributed by atoms with E-state index in [0.717, 1.165) is 23.9 Å². The van der Waals surface area contributed by atoms with Crippen LogP contribution >= 0.6 is 0 Å². The van der Waals surface area contributed by atoms with E-state index in [0.29, 0.717) is 5.95 Å². The van der Waals surface area contributed by atoms with Crippen LogP contribution in [-0.2, 0) is 5.54 Å². The average Bonchev–Trinajstić information content (AvgIpc) is 2.53. The number of aromatic nitrogens is 2. The Hall–Kier alpha value is -1.51. The van der Waals surface area contributed by atoms with Gasteiger partial charge in [-0.15, -0.1) is 0 Å². The third-order valence-electron chi connectivity index (χ3n) is 3.05. The molecule has 0 aliphatic carbocycles. The second-order valence-electron chi connectivity index (χ2n) is 4.86. The highest BCUT2D eigenvalue weighted by molar-refractivity contribution is 5.78. The molecular weight excluding hydrogens is 198 g/mol. The maximum atomic E-state index is 6.02. The van der Waals surface area contributed by atoms with E-state index < -0.39 is 0 Å². The van der Waals surface area contributed by atoms with Gasteiger partial charge < -0.3 is 10.3 Å². The molecule has 3 heteroatoms. The van der Waals surface area contributed by atoms with Gasteiger partial charge in [-0.1, -0.05) is 25.5 Å². The van der Waals surface area contributed by atoms with Gasteiger partial charge in [-0.3, -0.25) is 0 Å². The van der Waals surface area contributed by atoms with Crippen LogP contribution in [0.5, 0.6) is 0 Å². The maximum Gasteiger partial charge on any atom is 0.201 e. The smallest absolute Gasteiger partial charge is 0.201 e. The van der Waals surface area contributed by atoms with E-state index in [1.165, 1.54) is 0 Å². The number of nitrogens with two attached hydrogens (primary N) is 1. The summed E-state index contributed by atoms with van der Waals surface area (Å²) in [4.78, 5) is 4.40. The molecule has 1 heterocycles. The molecule has 86 valence electrons. The first kappa shape index (κ1) is 11.0. The van der Waals surface area contributed by atoms with Gasteiger partial charge in [0.1, 0.15) is 0 Å². The van der Waals surface area contributed by atoms with Gasteiger partial charge in [-0.2, -0.15) is 0 Å². The normalized spacial score (nSPS) is 12.2. The molecule has 0 saturated heterocycles. The predicted molar refractivity (Wildman–Crippen MR) is 68.4 cm³/mol. The third kappa shape index (κ3) is 1.66. The Balaban J connectivity index is 2.63. The molecule has 0 atom stereocenters. The minimum absolute atomic E-state index is 0.0228. The summed E-state index contributed by atoms with van der Waals surface area (Å²) >= 11 is 0.